The number of aliphatic hydroxyl groups excluding tert-OH is 1. The number of rotatable bonds is 6. The van der Waals surface area contributed by atoms with Gasteiger partial charge in [-0.2, -0.15) is 4.31 Å². The molecule has 0 bridgehead atoms. The summed E-state index contributed by atoms with van der Waals surface area (Å²) in [6, 6.07) is 0. The van der Waals surface area contributed by atoms with Crippen molar-refractivity contribution in [2.24, 2.45) is 0 Å². The average molecular weight is 303 g/mol. The molecule has 1 N–H and O–H groups in total. The van der Waals surface area contributed by atoms with Gasteiger partial charge in [-0.1, -0.05) is 0 Å². The Bertz CT molecular complexity index is 521. The molecule has 0 saturated carbocycles. The zero-order valence-electron chi connectivity index (χ0n) is 11.6. The Kier molecular flexibility index (Phi) is 5.14. The molecule has 0 amide bonds. The maximum atomic E-state index is 12.4. The average Bonchev–Trinajstić information content (AvgIpc) is 2.95. The lowest BCUT2D eigenvalue weighted by atomic mass is 10.1. The fraction of sp³-hybridized carbons (Fsp3) is 0.750. The van der Waals surface area contributed by atoms with Crippen LogP contribution in [0.2, 0.25) is 0 Å². The van der Waals surface area contributed by atoms with Crippen molar-refractivity contribution in [1.29, 1.82) is 0 Å². The highest BCUT2D eigenvalue weighted by molar-refractivity contribution is 7.89. The molecule has 0 radical (unpaired) electrons. The van der Waals surface area contributed by atoms with Gasteiger partial charge >= 0.3 is 0 Å². The van der Waals surface area contributed by atoms with Gasteiger partial charge in [-0.15, -0.1) is 0 Å². The summed E-state index contributed by atoms with van der Waals surface area (Å²) in [6.45, 7) is 3.78. The fourth-order valence-electron chi connectivity index (χ4n) is 2.24. The smallest absolute Gasteiger partial charge is 0.262 e. The van der Waals surface area contributed by atoms with E-state index in [9.17, 15) is 8.42 Å². The highest BCUT2D eigenvalue weighted by Crippen LogP contribution is 2.20. The summed E-state index contributed by atoms with van der Waals surface area (Å²) in [7, 11) is -3.50. The first kappa shape index (κ1) is 15.4. The third-order valence-corrected chi connectivity index (χ3v) is 5.21. The van der Waals surface area contributed by atoms with Crippen LogP contribution in [0.4, 0.5) is 0 Å². The van der Waals surface area contributed by atoms with Crippen molar-refractivity contribution in [3.05, 3.63) is 12.5 Å². The van der Waals surface area contributed by atoms with Gasteiger partial charge in [0, 0.05) is 25.8 Å². The minimum Gasteiger partial charge on any atom is -0.394 e. The van der Waals surface area contributed by atoms with E-state index in [0.717, 1.165) is 0 Å². The van der Waals surface area contributed by atoms with Crippen LogP contribution in [0.1, 0.15) is 19.8 Å². The van der Waals surface area contributed by atoms with Gasteiger partial charge in [0.1, 0.15) is 0 Å². The number of hydrogen-bond acceptors (Lipinski definition) is 5. The zero-order chi connectivity index (χ0) is 14.6. The Morgan fingerprint density at radius 2 is 2.15 bits per heavy atom. The molecule has 0 aliphatic carbocycles. The summed E-state index contributed by atoms with van der Waals surface area (Å²) in [5, 5.41) is 8.82. The van der Waals surface area contributed by atoms with E-state index in [1.54, 1.807) is 10.8 Å². The van der Waals surface area contributed by atoms with Crippen LogP contribution in [-0.4, -0.2) is 59.8 Å². The van der Waals surface area contributed by atoms with Gasteiger partial charge in [-0.3, -0.25) is 0 Å². The van der Waals surface area contributed by atoms with Gasteiger partial charge < -0.3 is 14.4 Å². The monoisotopic (exact) mass is 303 g/mol. The number of aliphatic hydroxyl groups is 1. The van der Waals surface area contributed by atoms with Gasteiger partial charge in [-0.25, -0.2) is 13.4 Å². The topological polar surface area (TPSA) is 84.7 Å². The van der Waals surface area contributed by atoms with E-state index >= 15 is 0 Å². The second-order valence-corrected chi connectivity index (χ2v) is 6.63. The fourth-order valence-corrected chi connectivity index (χ4v) is 3.64. The lowest BCUT2D eigenvalue weighted by Crippen LogP contribution is -2.41. The Morgan fingerprint density at radius 3 is 2.70 bits per heavy atom. The molecule has 1 fully saturated rings. The first-order valence-electron chi connectivity index (χ1n) is 6.82. The first-order chi connectivity index (χ1) is 9.57. The molecule has 2 rings (SSSR count). The molecule has 114 valence electrons. The van der Waals surface area contributed by atoms with E-state index in [1.165, 1.54) is 10.6 Å². The molecule has 8 heteroatoms. The van der Waals surface area contributed by atoms with Crippen LogP contribution in [0.5, 0.6) is 0 Å². The quantitative estimate of drug-likeness (QED) is 0.803. The van der Waals surface area contributed by atoms with Gasteiger partial charge in [0.25, 0.3) is 10.0 Å². The summed E-state index contributed by atoms with van der Waals surface area (Å²) < 4.78 is 33.4. The van der Waals surface area contributed by atoms with Crippen molar-refractivity contribution in [2.45, 2.75) is 37.4 Å². The number of aryl methyl sites for hydroxylation is 1. The molecule has 0 atom stereocenters. The van der Waals surface area contributed by atoms with Crippen LogP contribution in [0.3, 0.4) is 0 Å². The number of ether oxygens (including phenoxy) is 1. The lowest BCUT2D eigenvalue weighted by Gasteiger charge is -2.30. The molecule has 20 heavy (non-hydrogen) atoms. The number of sulfonamides is 1. The summed E-state index contributed by atoms with van der Waals surface area (Å²) in [5.74, 6) is 0. The SMILES string of the molecule is CCn1cnc(S(=O)(=O)N2CCC(OCCO)CC2)c1. The minimum atomic E-state index is -3.50. The van der Waals surface area contributed by atoms with Crippen LogP contribution in [-0.2, 0) is 21.3 Å². The Hall–Kier alpha value is -0.960. The number of aromatic nitrogens is 2. The van der Waals surface area contributed by atoms with Gasteiger partial charge in [0.15, 0.2) is 5.03 Å². The Balaban J connectivity index is 1.98. The van der Waals surface area contributed by atoms with Crippen LogP contribution in [0, 0.1) is 0 Å². The van der Waals surface area contributed by atoms with Gasteiger partial charge in [-0.05, 0) is 19.8 Å². The maximum absolute atomic E-state index is 12.4. The Labute approximate surface area is 119 Å². The van der Waals surface area contributed by atoms with Crippen LogP contribution in [0.15, 0.2) is 17.6 Å². The molecule has 1 aromatic rings. The van der Waals surface area contributed by atoms with Crippen molar-refractivity contribution in [1.82, 2.24) is 13.9 Å². The van der Waals surface area contributed by atoms with E-state index in [1.807, 2.05) is 6.92 Å². The largest absolute Gasteiger partial charge is 0.394 e. The predicted octanol–water partition coefficient (Wildman–Crippen LogP) is 0.0650. The molecule has 1 aliphatic heterocycles. The molecule has 1 aromatic heterocycles. The van der Waals surface area contributed by atoms with E-state index < -0.39 is 10.0 Å². The summed E-state index contributed by atoms with van der Waals surface area (Å²) >= 11 is 0. The minimum absolute atomic E-state index is 0.00698. The molecular formula is C12H21N3O4S. The third kappa shape index (κ3) is 3.38. The summed E-state index contributed by atoms with van der Waals surface area (Å²) in [4.78, 5) is 3.97. The highest BCUT2D eigenvalue weighted by atomic mass is 32.2. The lowest BCUT2D eigenvalue weighted by molar-refractivity contribution is 0.00316. The van der Waals surface area contributed by atoms with Crippen molar-refractivity contribution in [2.75, 3.05) is 26.3 Å². The number of hydrogen-bond donors (Lipinski definition) is 1. The zero-order valence-corrected chi connectivity index (χ0v) is 12.4. The maximum Gasteiger partial charge on any atom is 0.262 e. The van der Waals surface area contributed by atoms with Crippen LogP contribution < -0.4 is 0 Å². The normalized spacial score (nSPS) is 18.5. The highest BCUT2D eigenvalue weighted by Gasteiger charge is 2.31. The molecule has 1 aliphatic rings. The standard InChI is InChI=1S/C12H21N3O4S/c1-2-14-9-12(13-10-14)20(17,18)15-5-3-11(4-6-15)19-8-7-16/h9-11,16H,2-8H2,1H3. The van der Waals surface area contributed by atoms with Crippen LogP contribution in [0.25, 0.3) is 0 Å². The van der Waals surface area contributed by atoms with E-state index in [0.29, 0.717) is 39.1 Å². The number of nitrogens with zero attached hydrogens (tertiary/aromatic N) is 3. The van der Waals surface area contributed by atoms with Crippen molar-refractivity contribution in [3.8, 4) is 0 Å². The van der Waals surface area contributed by atoms with Gasteiger partial charge in [0.2, 0.25) is 0 Å². The van der Waals surface area contributed by atoms with Crippen molar-refractivity contribution < 1.29 is 18.3 Å². The van der Waals surface area contributed by atoms with E-state index in [4.69, 9.17) is 9.84 Å². The van der Waals surface area contributed by atoms with E-state index in [2.05, 4.69) is 4.98 Å². The summed E-state index contributed by atoms with van der Waals surface area (Å²) in [6.07, 6.45) is 4.41. The Morgan fingerprint density at radius 1 is 1.45 bits per heavy atom. The number of piperidine rings is 1. The molecule has 2 heterocycles. The third-order valence-electron chi connectivity index (χ3n) is 3.42. The second-order valence-electron chi connectivity index (χ2n) is 4.74. The molecule has 0 unspecified atom stereocenters. The molecular weight excluding hydrogens is 282 g/mol. The van der Waals surface area contributed by atoms with Crippen LogP contribution >= 0.6 is 0 Å². The molecule has 0 aromatic carbocycles. The van der Waals surface area contributed by atoms with Gasteiger partial charge in [0.05, 0.1) is 25.6 Å². The first-order valence-corrected chi connectivity index (χ1v) is 8.26. The molecule has 7 nitrogen and oxygen atoms in total. The number of imidazole rings is 1. The predicted molar refractivity (Wildman–Crippen MR) is 72.7 cm³/mol. The van der Waals surface area contributed by atoms with E-state index in [-0.39, 0.29) is 17.7 Å². The molecule has 1 saturated heterocycles. The van der Waals surface area contributed by atoms with Crippen molar-refractivity contribution >= 4 is 10.0 Å². The summed E-state index contributed by atoms with van der Waals surface area (Å²) in [5.41, 5.74) is 0. The second kappa shape index (κ2) is 6.66. The van der Waals surface area contributed by atoms with Crippen molar-refractivity contribution in [3.63, 3.8) is 0 Å². The molecule has 0 spiro atoms.